The molecule has 3 nitrogen and oxygen atoms in total. The van der Waals surface area contributed by atoms with Crippen molar-refractivity contribution in [1.82, 2.24) is 0 Å². The maximum atomic E-state index is 12.1. The fourth-order valence-corrected chi connectivity index (χ4v) is 2.97. The first-order valence-corrected chi connectivity index (χ1v) is 7.97. The summed E-state index contributed by atoms with van der Waals surface area (Å²) in [6.07, 6.45) is 0. The van der Waals surface area contributed by atoms with E-state index >= 15 is 0 Å². The largest absolute Gasteiger partial charge is 0.461 e. The van der Waals surface area contributed by atoms with Gasteiger partial charge in [-0.3, -0.25) is 4.79 Å². The number of carbonyl (C=O) groups is 1. The van der Waals surface area contributed by atoms with Crippen molar-refractivity contribution in [2.24, 2.45) is 17.3 Å². The molecule has 23 heavy (non-hydrogen) atoms. The molecule has 0 spiro atoms. The molecule has 0 aliphatic heterocycles. The predicted molar refractivity (Wildman–Crippen MR) is 89.2 cm³/mol. The first kappa shape index (κ1) is 15.6. The minimum absolute atomic E-state index is 0.0197. The van der Waals surface area contributed by atoms with Crippen LogP contribution in [0.15, 0.2) is 54.6 Å². The summed E-state index contributed by atoms with van der Waals surface area (Å²) >= 11 is 0. The highest BCUT2D eigenvalue weighted by atomic mass is 16.5. The molecule has 1 aliphatic rings. The van der Waals surface area contributed by atoms with E-state index in [4.69, 9.17) is 9.47 Å². The van der Waals surface area contributed by atoms with Crippen molar-refractivity contribution in [3.63, 3.8) is 0 Å². The summed E-state index contributed by atoms with van der Waals surface area (Å²) in [5.74, 6) is 1.84. The summed E-state index contributed by atoms with van der Waals surface area (Å²) in [5.41, 5.74) is 0.993. The van der Waals surface area contributed by atoms with Crippen LogP contribution in [0.5, 0.6) is 11.5 Å². The Hall–Kier alpha value is -2.29. The minimum Gasteiger partial charge on any atom is -0.461 e. The lowest BCUT2D eigenvalue weighted by Crippen LogP contribution is -2.10. The van der Waals surface area contributed by atoms with Gasteiger partial charge >= 0.3 is 5.97 Å². The molecule has 2 aromatic rings. The van der Waals surface area contributed by atoms with E-state index in [9.17, 15) is 4.79 Å². The second-order valence-electron chi connectivity index (χ2n) is 6.76. The second kappa shape index (κ2) is 6.07. The van der Waals surface area contributed by atoms with Crippen molar-refractivity contribution < 1.29 is 14.3 Å². The number of ether oxygens (including phenoxy) is 2. The quantitative estimate of drug-likeness (QED) is 0.743. The summed E-state index contributed by atoms with van der Waals surface area (Å²) < 4.78 is 11.3. The first-order chi connectivity index (χ1) is 11.0. The van der Waals surface area contributed by atoms with Gasteiger partial charge in [-0.2, -0.15) is 0 Å². The van der Waals surface area contributed by atoms with E-state index in [1.54, 1.807) is 0 Å². The molecule has 0 saturated heterocycles. The third-order valence-electron chi connectivity index (χ3n) is 4.88. The highest BCUT2D eigenvalue weighted by Gasteiger charge is 2.59. The summed E-state index contributed by atoms with van der Waals surface area (Å²) in [6, 6.07) is 17.3. The molecule has 3 heteroatoms. The van der Waals surface area contributed by atoms with Gasteiger partial charge < -0.3 is 9.47 Å². The average Bonchev–Trinajstić information content (AvgIpc) is 3.04. The minimum atomic E-state index is -0.100. The standard InChI is InChI=1S/C20H22O3/c1-14-18(20(14,2)3)19(21)22-13-15-8-7-11-17(12-15)23-16-9-5-4-6-10-16/h4-12,14,18H,13H2,1-3H3. The third kappa shape index (κ3) is 3.39. The number of hydrogen-bond acceptors (Lipinski definition) is 3. The molecule has 0 radical (unpaired) electrons. The van der Waals surface area contributed by atoms with Crippen LogP contribution in [0.1, 0.15) is 26.3 Å². The third-order valence-corrected chi connectivity index (χ3v) is 4.88. The maximum Gasteiger partial charge on any atom is 0.310 e. The molecule has 0 N–H and O–H groups in total. The van der Waals surface area contributed by atoms with Gasteiger partial charge in [0.15, 0.2) is 0 Å². The molecule has 2 aromatic carbocycles. The lowest BCUT2D eigenvalue weighted by molar-refractivity contribution is -0.147. The molecule has 2 unspecified atom stereocenters. The fraction of sp³-hybridized carbons (Fsp3) is 0.350. The summed E-state index contributed by atoms with van der Waals surface area (Å²) in [5, 5.41) is 0. The van der Waals surface area contributed by atoms with Crippen LogP contribution in [0.25, 0.3) is 0 Å². The smallest absolute Gasteiger partial charge is 0.310 e. The van der Waals surface area contributed by atoms with Gasteiger partial charge in [0, 0.05) is 0 Å². The Morgan fingerprint density at radius 3 is 2.35 bits per heavy atom. The van der Waals surface area contributed by atoms with E-state index in [1.807, 2.05) is 54.6 Å². The van der Waals surface area contributed by atoms with Crippen LogP contribution in [-0.2, 0) is 16.1 Å². The zero-order valence-corrected chi connectivity index (χ0v) is 13.8. The van der Waals surface area contributed by atoms with Crippen LogP contribution in [0.3, 0.4) is 0 Å². The van der Waals surface area contributed by atoms with Crippen LogP contribution >= 0.6 is 0 Å². The molecule has 3 rings (SSSR count). The Bertz CT molecular complexity index is 691. The lowest BCUT2D eigenvalue weighted by Gasteiger charge is -2.09. The number of para-hydroxylation sites is 1. The molecule has 1 aliphatic carbocycles. The van der Waals surface area contributed by atoms with E-state index in [0.717, 1.165) is 17.1 Å². The SMILES string of the molecule is CC1C(C(=O)OCc2cccc(Oc3ccccc3)c2)C1(C)C. The second-order valence-corrected chi connectivity index (χ2v) is 6.76. The number of rotatable bonds is 5. The predicted octanol–water partition coefficient (Wildman–Crippen LogP) is 4.81. The molecule has 0 amide bonds. The molecule has 1 fully saturated rings. The molecule has 0 heterocycles. The Morgan fingerprint density at radius 2 is 1.70 bits per heavy atom. The first-order valence-electron chi connectivity index (χ1n) is 7.97. The van der Waals surface area contributed by atoms with Crippen LogP contribution in [0.2, 0.25) is 0 Å². The van der Waals surface area contributed by atoms with Gasteiger partial charge in [0.25, 0.3) is 0 Å². The highest BCUT2D eigenvalue weighted by molar-refractivity contribution is 5.77. The molecular formula is C20H22O3. The monoisotopic (exact) mass is 310 g/mol. The van der Waals surface area contributed by atoms with Crippen molar-refractivity contribution in [2.45, 2.75) is 27.4 Å². The van der Waals surface area contributed by atoms with Crippen molar-refractivity contribution in [3.05, 3.63) is 60.2 Å². The Balaban J connectivity index is 1.59. The average molecular weight is 310 g/mol. The van der Waals surface area contributed by atoms with Crippen LogP contribution in [-0.4, -0.2) is 5.97 Å². The molecule has 120 valence electrons. The maximum absolute atomic E-state index is 12.1. The Kier molecular flexibility index (Phi) is 4.12. The number of esters is 1. The number of hydrogen-bond donors (Lipinski definition) is 0. The molecule has 0 bridgehead atoms. The zero-order valence-electron chi connectivity index (χ0n) is 13.8. The molecule has 1 saturated carbocycles. The van der Waals surface area contributed by atoms with Crippen LogP contribution in [0, 0.1) is 17.3 Å². The van der Waals surface area contributed by atoms with E-state index in [-0.39, 0.29) is 23.9 Å². The van der Waals surface area contributed by atoms with Gasteiger partial charge in [-0.05, 0) is 41.2 Å². The lowest BCUT2D eigenvalue weighted by atomic mass is 10.1. The van der Waals surface area contributed by atoms with Crippen LogP contribution in [0.4, 0.5) is 0 Å². The van der Waals surface area contributed by atoms with Crippen molar-refractivity contribution >= 4 is 5.97 Å². The normalized spacial score (nSPS) is 21.5. The van der Waals surface area contributed by atoms with Gasteiger partial charge in [0.2, 0.25) is 0 Å². The molecule has 2 atom stereocenters. The Labute approximate surface area is 137 Å². The van der Waals surface area contributed by atoms with Crippen molar-refractivity contribution in [2.75, 3.05) is 0 Å². The topological polar surface area (TPSA) is 35.5 Å². The highest BCUT2D eigenvalue weighted by Crippen LogP contribution is 2.58. The molecule has 0 aromatic heterocycles. The Morgan fingerprint density at radius 1 is 1.04 bits per heavy atom. The van der Waals surface area contributed by atoms with Gasteiger partial charge in [0.05, 0.1) is 5.92 Å². The number of carbonyl (C=O) groups excluding carboxylic acids is 1. The summed E-state index contributed by atoms with van der Waals surface area (Å²) in [6.45, 7) is 6.60. The van der Waals surface area contributed by atoms with E-state index in [1.165, 1.54) is 0 Å². The number of benzene rings is 2. The van der Waals surface area contributed by atoms with Gasteiger partial charge in [-0.15, -0.1) is 0 Å². The van der Waals surface area contributed by atoms with Crippen molar-refractivity contribution in [1.29, 1.82) is 0 Å². The van der Waals surface area contributed by atoms with Crippen LogP contribution < -0.4 is 4.74 Å². The zero-order chi connectivity index (χ0) is 16.4. The van der Waals surface area contributed by atoms with E-state index in [2.05, 4.69) is 20.8 Å². The van der Waals surface area contributed by atoms with E-state index < -0.39 is 0 Å². The summed E-state index contributed by atoms with van der Waals surface area (Å²) in [4.78, 5) is 12.1. The fourth-order valence-electron chi connectivity index (χ4n) is 2.97. The van der Waals surface area contributed by atoms with E-state index in [0.29, 0.717) is 5.92 Å². The summed E-state index contributed by atoms with van der Waals surface area (Å²) in [7, 11) is 0. The van der Waals surface area contributed by atoms with Crippen molar-refractivity contribution in [3.8, 4) is 11.5 Å². The molecular weight excluding hydrogens is 288 g/mol. The van der Waals surface area contributed by atoms with Gasteiger partial charge in [-0.1, -0.05) is 51.1 Å². The van der Waals surface area contributed by atoms with Gasteiger partial charge in [0.1, 0.15) is 18.1 Å². The van der Waals surface area contributed by atoms with Gasteiger partial charge in [-0.25, -0.2) is 0 Å².